The van der Waals surface area contributed by atoms with Crippen LogP contribution in [0.15, 0.2) is 30.6 Å². The zero-order valence-corrected chi connectivity index (χ0v) is 11.7. The second-order valence-electron chi connectivity index (χ2n) is 5.40. The Hall–Kier alpha value is -2.38. The molecule has 1 aromatic carbocycles. The minimum atomic E-state index is -2.59. The Morgan fingerprint density at radius 2 is 1.91 bits per heavy atom. The number of tetrazole rings is 1. The monoisotopic (exact) mass is 307 g/mol. The third kappa shape index (κ3) is 3.26. The first-order valence-corrected chi connectivity index (χ1v) is 7.06. The van der Waals surface area contributed by atoms with Crippen molar-refractivity contribution in [3.63, 3.8) is 0 Å². The van der Waals surface area contributed by atoms with Gasteiger partial charge in [-0.15, -0.1) is 5.10 Å². The molecule has 1 N–H and O–H groups in total. The summed E-state index contributed by atoms with van der Waals surface area (Å²) in [5.41, 5.74) is 1.22. The summed E-state index contributed by atoms with van der Waals surface area (Å²) in [7, 11) is 0. The quantitative estimate of drug-likeness (QED) is 0.941. The van der Waals surface area contributed by atoms with E-state index >= 15 is 0 Å². The van der Waals surface area contributed by atoms with Crippen LogP contribution in [0, 0.1) is 0 Å². The molecule has 8 heteroatoms. The minimum Gasteiger partial charge on any atom is -0.349 e. The van der Waals surface area contributed by atoms with Crippen molar-refractivity contribution in [3.8, 4) is 5.69 Å². The number of amides is 1. The Morgan fingerprint density at radius 3 is 2.50 bits per heavy atom. The van der Waals surface area contributed by atoms with Gasteiger partial charge in [0.2, 0.25) is 5.92 Å². The van der Waals surface area contributed by atoms with Gasteiger partial charge in [0, 0.05) is 24.4 Å². The number of aromatic nitrogens is 4. The maximum Gasteiger partial charge on any atom is 0.251 e. The van der Waals surface area contributed by atoms with Gasteiger partial charge >= 0.3 is 0 Å². The van der Waals surface area contributed by atoms with Crippen molar-refractivity contribution in [2.75, 3.05) is 0 Å². The van der Waals surface area contributed by atoms with Gasteiger partial charge in [0.25, 0.3) is 5.91 Å². The van der Waals surface area contributed by atoms with Gasteiger partial charge in [0.05, 0.1) is 5.69 Å². The first-order valence-electron chi connectivity index (χ1n) is 7.06. The van der Waals surface area contributed by atoms with Crippen LogP contribution in [-0.2, 0) is 0 Å². The smallest absolute Gasteiger partial charge is 0.251 e. The Balaban J connectivity index is 1.61. The number of nitrogens with zero attached hydrogens (tertiary/aromatic N) is 4. The van der Waals surface area contributed by atoms with E-state index in [2.05, 4.69) is 20.8 Å². The normalized spacial score (nSPS) is 18.1. The van der Waals surface area contributed by atoms with Gasteiger partial charge in [0.1, 0.15) is 6.33 Å². The number of rotatable bonds is 3. The Labute approximate surface area is 125 Å². The van der Waals surface area contributed by atoms with E-state index in [1.54, 1.807) is 24.3 Å². The van der Waals surface area contributed by atoms with Gasteiger partial charge in [0.15, 0.2) is 0 Å². The molecule has 1 aliphatic rings. The van der Waals surface area contributed by atoms with Crippen LogP contribution < -0.4 is 5.32 Å². The molecule has 1 aliphatic carbocycles. The maximum absolute atomic E-state index is 13.1. The van der Waals surface area contributed by atoms with Crippen LogP contribution in [0.4, 0.5) is 8.78 Å². The van der Waals surface area contributed by atoms with Crippen molar-refractivity contribution in [2.24, 2.45) is 0 Å². The molecule has 1 fully saturated rings. The molecule has 1 amide bonds. The minimum absolute atomic E-state index is 0.170. The van der Waals surface area contributed by atoms with Crippen molar-refractivity contribution in [2.45, 2.75) is 37.6 Å². The molecule has 116 valence electrons. The lowest BCUT2D eigenvalue weighted by Crippen LogP contribution is -2.40. The van der Waals surface area contributed by atoms with E-state index in [4.69, 9.17) is 0 Å². The molecule has 2 aromatic rings. The van der Waals surface area contributed by atoms with Crippen LogP contribution in [0.1, 0.15) is 36.0 Å². The van der Waals surface area contributed by atoms with Crippen molar-refractivity contribution in [1.29, 1.82) is 0 Å². The Morgan fingerprint density at radius 1 is 1.23 bits per heavy atom. The number of carbonyl (C=O) groups excluding carboxylic acids is 1. The van der Waals surface area contributed by atoms with Gasteiger partial charge in [-0.3, -0.25) is 4.79 Å². The van der Waals surface area contributed by atoms with Gasteiger partial charge in [-0.2, -0.15) is 0 Å². The highest BCUT2D eigenvalue weighted by atomic mass is 19.3. The van der Waals surface area contributed by atoms with Crippen LogP contribution in [-0.4, -0.2) is 38.1 Å². The van der Waals surface area contributed by atoms with Crippen LogP contribution in [0.25, 0.3) is 5.69 Å². The molecule has 1 saturated carbocycles. The SMILES string of the molecule is O=C(NC1CCC(F)(F)CC1)c1ccc(-n2cnnn2)cc1. The Bertz CT molecular complexity index is 632. The summed E-state index contributed by atoms with van der Waals surface area (Å²) in [6.07, 6.45) is 1.73. The summed E-state index contributed by atoms with van der Waals surface area (Å²) in [6, 6.07) is 6.57. The highest BCUT2D eigenvalue weighted by molar-refractivity contribution is 5.94. The fourth-order valence-corrected chi connectivity index (χ4v) is 2.50. The summed E-state index contributed by atoms with van der Waals surface area (Å²) >= 11 is 0. The maximum atomic E-state index is 13.1. The molecule has 6 nitrogen and oxygen atoms in total. The second-order valence-corrected chi connectivity index (χ2v) is 5.40. The fraction of sp³-hybridized carbons (Fsp3) is 0.429. The molecule has 0 radical (unpaired) electrons. The van der Waals surface area contributed by atoms with Gasteiger partial charge in [-0.1, -0.05) is 0 Å². The molecule has 0 unspecified atom stereocenters. The zero-order chi connectivity index (χ0) is 15.6. The van der Waals surface area contributed by atoms with Crippen LogP contribution in [0.5, 0.6) is 0 Å². The van der Waals surface area contributed by atoms with Crippen LogP contribution in [0.3, 0.4) is 0 Å². The van der Waals surface area contributed by atoms with E-state index in [-0.39, 0.29) is 24.8 Å². The van der Waals surface area contributed by atoms with Gasteiger partial charge in [-0.05, 0) is 47.5 Å². The number of carbonyl (C=O) groups is 1. The molecule has 0 aliphatic heterocycles. The standard InChI is InChI=1S/C14H15F2N5O/c15-14(16)7-5-11(6-8-14)18-13(22)10-1-3-12(4-2-10)21-9-17-19-20-21/h1-4,9,11H,5-8H2,(H,18,22). The summed E-state index contributed by atoms with van der Waals surface area (Å²) in [5, 5.41) is 13.6. The molecule has 22 heavy (non-hydrogen) atoms. The molecule has 0 spiro atoms. The third-order valence-electron chi connectivity index (χ3n) is 3.80. The molecule has 0 saturated heterocycles. The molecule has 1 aromatic heterocycles. The number of hydrogen-bond acceptors (Lipinski definition) is 4. The number of benzene rings is 1. The zero-order valence-electron chi connectivity index (χ0n) is 11.7. The second kappa shape index (κ2) is 5.78. The van der Waals surface area contributed by atoms with E-state index in [9.17, 15) is 13.6 Å². The van der Waals surface area contributed by atoms with E-state index in [0.717, 1.165) is 5.69 Å². The first kappa shape index (κ1) is 14.6. The number of alkyl halides is 2. The summed E-state index contributed by atoms with van der Waals surface area (Å²) in [6.45, 7) is 0. The highest BCUT2D eigenvalue weighted by Gasteiger charge is 2.35. The van der Waals surface area contributed by atoms with E-state index in [1.165, 1.54) is 11.0 Å². The highest BCUT2D eigenvalue weighted by Crippen LogP contribution is 2.33. The number of hydrogen-bond donors (Lipinski definition) is 1. The van der Waals surface area contributed by atoms with Crippen molar-refractivity contribution in [1.82, 2.24) is 25.5 Å². The van der Waals surface area contributed by atoms with Crippen molar-refractivity contribution >= 4 is 5.91 Å². The van der Waals surface area contributed by atoms with Gasteiger partial charge in [-0.25, -0.2) is 13.5 Å². The topological polar surface area (TPSA) is 72.7 Å². The average molecular weight is 307 g/mol. The molecule has 1 heterocycles. The summed E-state index contributed by atoms with van der Waals surface area (Å²) < 4.78 is 27.6. The predicted molar refractivity (Wildman–Crippen MR) is 73.8 cm³/mol. The van der Waals surface area contributed by atoms with E-state index in [1.807, 2.05) is 0 Å². The predicted octanol–water partition coefficient (Wildman–Crippen LogP) is 1.97. The Kier molecular flexibility index (Phi) is 3.82. The van der Waals surface area contributed by atoms with E-state index in [0.29, 0.717) is 18.4 Å². The largest absolute Gasteiger partial charge is 0.349 e. The summed E-state index contributed by atoms with van der Waals surface area (Å²) in [4.78, 5) is 12.1. The van der Waals surface area contributed by atoms with Crippen LogP contribution >= 0.6 is 0 Å². The molecular weight excluding hydrogens is 292 g/mol. The number of nitrogens with one attached hydrogen (secondary N) is 1. The lowest BCUT2D eigenvalue weighted by atomic mass is 9.92. The molecule has 3 rings (SSSR count). The molecular formula is C14H15F2N5O. The lowest BCUT2D eigenvalue weighted by Gasteiger charge is -2.28. The molecule has 0 atom stereocenters. The van der Waals surface area contributed by atoms with Crippen molar-refractivity contribution < 1.29 is 13.6 Å². The third-order valence-corrected chi connectivity index (χ3v) is 3.80. The first-order chi connectivity index (χ1) is 10.5. The fourth-order valence-electron chi connectivity index (χ4n) is 2.50. The average Bonchev–Trinajstić information content (AvgIpc) is 3.04. The lowest BCUT2D eigenvalue weighted by molar-refractivity contribution is -0.0399. The van der Waals surface area contributed by atoms with E-state index < -0.39 is 5.92 Å². The van der Waals surface area contributed by atoms with Crippen molar-refractivity contribution in [3.05, 3.63) is 36.2 Å². The molecule has 0 bridgehead atoms. The summed E-state index contributed by atoms with van der Waals surface area (Å²) in [5.74, 6) is -2.84. The van der Waals surface area contributed by atoms with Gasteiger partial charge < -0.3 is 5.32 Å². The number of halogens is 2. The van der Waals surface area contributed by atoms with Crippen LogP contribution in [0.2, 0.25) is 0 Å².